The van der Waals surface area contributed by atoms with Crippen LogP contribution in [0, 0.1) is 0 Å². The highest BCUT2D eigenvalue weighted by molar-refractivity contribution is 6.23. The summed E-state index contributed by atoms with van der Waals surface area (Å²) in [6.07, 6.45) is 3.25. The Kier molecular flexibility index (Phi) is 2.39. The largest absolute Gasteiger partial charge is 0.398 e. The minimum absolute atomic E-state index is 0.272. The number of hydrogen-bond acceptors (Lipinski definition) is 4. The third-order valence-corrected chi connectivity index (χ3v) is 4.22. The van der Waals surface area contributed by atoms with E-state index in [2.05, 4.69) is 4.98 Å². The molecule has 0 spiro atoms. The predicted molar refractivity (Wildman–Crippen MR) is 76.7 cm³/mol. The van der Waals surface area contributed by atoms with Gasteiger partial charge < -0.3 is 5.73 Å². The van der Waals surface area contributed by atoms with E-state index in [1.807, 2.05) is 12.1 Å². The van der Waals surface area contributed by atoms with Gasteiger partial charge in [0.2, 0.25) is 0 Å². The number of amides is 2. The second-order valence-corrected chi connectivity index (χ2v) is 5.35. The number of fused-ring (bicyclic) bond motifs is 2. The van der Waals surface area contributed by atoms with Crippen LogP contribution in [0.4, 0.5) is 5.69 Å². The van der Waals surface area contributed by atoms with E-state index in [1.165, 1.54) is 4.90 Å². The van der Waals surface area contributed by atoms with Crippen molar-refractivity contribution in [2.75, 3.05) is 5.73 Å². The van der Waals surface area contributed by atoms with Crippen molar-refractivity contribution in [3.05, 3.63) is 58.9 Å². The second kappa shape index (κ2) is 4.15. The Hall–Kier alpha value is -2.69. The number of hydrogen-bond donors (Lipinski definition) is 1. The third-order valence-electron chi connectivity index (χ3n) is 4.22. The van der Waals surface area contributed by atoms with E-state index in [0.717, 1.165) is 24.1 Å². The summed E-state index contributed by atoms with van der Waals surface area (Å²) in [4.78, 5) is 30.9. The second-order valence-electron chi connectivity index (χ2n) is 5.35. The average Bonchev–Trinajstić information content (AvgIpc) is 3.00. The summed E-state index contributed by atoms with van der Waals surface area (Å²) >= 11 is 0. The molecule has 4 rings (SSSR count). The molecule has 0 saturated heterocycles. The normalized spacial score (nSPS) is 19.8. The van der Waals surface area contributed by atoms with Gasteiger partial charge in [-0.05, 0) is 36.6 Å². The monoisotopic (exact) mass is 279 g/mol. The third kappa shape index (κ3) is 1.54. The Morgan fingerprint density at radius 2 is 2.00 bits per heavy atom. The molecular weight excluding hydrogens is 266 g/mol. The number of anilines is 1. The molecule has 2 N–H and O–H groups in total. The minimum Gasteiger partial charge on any atom is -0.398 e. The number of aryl methyl sites for hydroxylation is 1. The lowest BCUT2D eigenvalue weighted by atomic mass is 10.1. The summed E-state index contributed by atoms with van der Waals surface area (Å²) in [5.41, 5.74) is 8.87. The van der Waals surface area contributed by atoms with Crippen LogP contribution >= 0.6 is 0 Å². The number of nitrogens with zero attached hydrogens (tertiary/aromatic N) is 2. The number of carbonyl (C=O) groups excluding carboxylic acids is 2. The van der Waals surface area contributed by atoms with Crippen LogP contribution < -0.4 is 5.73 Å². The first kappa shape index (κ1) is 12.1. The Morgan fingerprint density at radius 1 is 1.14 bits per heavy atom. The van der Waals surface area contributed by atoms with Crippen molar-refractivity contribution in [1.29, 1.82) is 0 Å². The first-order chi connectivity index (χ1) is 10.2. The maximum absolute atomic E-state index is 12.6. The van der Waals surface area contributed by atoms with Gasteiger partial charge in [0.1, 0.15) is 0 Å². The first-order valence-electron chi connectivity index (χ1n) is 6.88. The number of nitrogen functional groups attached to an aromatic ring is 1. The molecule has 0 fully saturated rings. The molecule has 1 aliphatic carbocycles. The molecule has 5 heteroatoms. The summed E-state index contributed by atoms with van der Waals surface area (Å²) < 4.78 is 0. The van der Waals surface area contributed by atoms with Gasteiger partial charge in [-0.15, -0.1) is 0 Å². The molecule has 1 aromatic heterocycles. The van der Waals surface area contributed by atoms with Crippen molar-refractivity contribution in [3.8, 4) is 0 Å². The first-order valence-corrected chi connectivity index (χ1v) is 6.88. The molecule has 0 bridgehead atoms. The topological polar surface area (TPSA) is 76.3 Å². The van der Waals surface area contributed by atoms with Crippen LogP contribution in [0.2, 0.25) is 0 Å². The fourth-order valence-electron chi connectivity index (χ4n) is 3.26. The molecule has 0 radical (unpaired) electrons. The zero-order valence-electron chi connectivity index (χ0n) is 11.2. The lowest BCUT2D eigenvalue weighted by molar-refractivity contribution is 0.0580. The lowest BCUT2D eigenvalue weighted by Gasteiger charge is -2.22. The molecular formula is C16H13N3O2. The number of benzene rings is 1. The fraction of sp³-hybridized carbons (Fsp3) is 0.188. The Bertz CT molecular complexity index is 785. The summed E-state index contributed by atoms with van der Waals surface area (Å²) in [5, 5.41) is 0. The van der Waals surface area contributed by atoms with Gasteiger partial charge in [-0.1, -0.05) is 12.1 Å². The van der Waals surface area contributed by atoms with Gasteiger partial charge in [0.15, 0.2) is 0 Å². The summed E-state index contributed by atoms with van der Waals surface area (Å²) in [7, 11) is 0. The van der Waals surface area contributed by atoms with Crippen LogP contribution in [0.1, 0.15) is 44.4 Å². The van der Waals surface area contributed by atoms with Crippen molar-refractivity contribution in [2.24, 2.45) is 0 Å². The van der Waals surface area contributed by atoms with Crippen LogP contribution in [0.25, 0.3) is 0 Å². The molecule has 1 aromatic carbocycles. The maximum Gasteiger partial charge on any atom is 0.264 e. The number of nitrogens with two attached hydrogens (primary N) is 1. The Labute approximate surface area is 121 Å². The highest BCUT2D eigenvalue weighted by atomic mass is 16.2. The standard InChI is InChI=1S/C16H13N3O2/c17-11-5-1-4-10-13(11)16(21)19(15(10)20)12-7-6-9-3-2-8-18-14(9)12/h1-5,8,12H,6-7,17H2. The molecule has 104 valence electrons. The van der Waals surface area contributed by atoms with Crippen molar-refractivity contribution in [2.45, 2.75) is 18.9 Å². The zero-order valence-corrected chi connectivity index (χ0v) is 11.2. The van der Waals surface area contributed by atoms with Crippen molar-refractivity contribution < 1.29 is 9.59 Å². The van der Waals surface area contributed by atoms with Gasteiger partial charge in [0.25, 0.3) is 11.8 Å². The van der Waals surface area contributed by atoms with E-state index < -0.39 is 0 Å². The van der Waals surface area contributed by atoms with Crippen LogP contribution in [0.15, 0.2) is 36.5 Å². The van der Waals surface area contributed by atoms with E-state index in [1.54, 1.807) is 24.4 Å². The van der Waals surface area contributed by atoms with Crippen molar-refractivity contribution >= 4 is 17.5 Å². The van der Waals surface area contributed by atoms with E-state index in [0.29, 0.717) is 16.8 Å². The van der Waals surface area contributed by atoms with E-state index >= 15 is 0 Å². The predicted octanol–water partition coefficient (Wildman–Crippen LogP) is 1.95. The Balaban J connectivity index is 1.81. The van der Waals surface area contributed by atoms with Crippen molar-refractivity contribution in [3.63, 3.8) is 0 Å². The molecule has 5 nitrogen and oxygen atoms in total. The van der Waals surface area contributed by atoms with E-state index in [-0.39, 0.29) is 17.9 Å². The molecule has 21 heavy (non-hydrogen) atoms. The van der Waals surface area contributed by atoms with Crippen LogP contribution in [-0.2, 0) is 6.42 Å². The fourth-order valence-corrected chi connectivity index (χ4v) is 3.26. The minimum atomic E-state index is -0.309. The van der Waals surface area contributed by atoms with Gasteiger partial charge in [0, 0.05) is 11.9 Å². The smallest absolute Gasteiger partial charge is 0.264 e. The van der Waals surface area contributed by atoms with Gasteiger partial charge in [-0.3, -0.25) is 19.5 Å². The van der Waals surface area contributed by atoms with E-state index in [4.69, 9.17) is 5.73 Å². The summed E-state index contributed by atoms with van der Waals surface area (Å²) in [6.45, 7) is 0. The highest BCUT2D eigenvalue weighted by Crippen LogP contribution is 2.39. The summed E-state index contributed by atoms with van der Waals surface area (Å²) in [5.74, 6) is -0.581. The molecule has 2 amide bonds. The highest BCUT2D eigenvalue weighted by Gasteiger charge is 2.44. The van der Waals surface area contributed by atoms with Gasteiger partial charge in [-0.2, -0.15) is 0 Å². The number of carbonyl (C=O) groups is 2. The molecule has 1 atom stereocenters. The molecule has 2 heterocycles. The van der Waals surface area contributed by atoms with Crippen LogP contribution in [0.5, 0.6) is 0 Å². The van der Waals surface area contributed by atoms with Crippen LogP contribution in [-0.4, -0.2) is 21.7 Å². The number of aromatic nitrogens is 1. The quantitative estimate of drug-likeness (QED) is 0.639. The van der Waals surface area contributed by atoms with Crippen molar-refractivity contribution in [1.82, 2.24) is 9.88 Å². The average molecular weight is 279 g/mol. The maximum atomic E-state index is 12.6. The molecule has 0 saturated carbocycles. The number of rotatable bonds is 1. The molecule has 1 unspecified atom stereocenters. The number of pyridine rings is 1. The zero-order chi connectivity index (χ0) is 14.6. The molecule has 1 aliphatic heterocycles. The van der Waals surface area contributed by atoms with Gasteiger partial charge in [-0.25, -0.2) is 0 Å². The van der Waals surface area contributed by atoms with E-state index in [9.17, 15) is 9.59 Å². The Morgan fingerprint density at radius 3 is 2.81 bits per heavy atom. The molecule has 2 aromatic rings. The molecule has 2 aliphatic rings. The summed E-state index contributed by atoms with van der Waals surface area (Å²) in [6, 6.07) is 8.59. The number of imide groups is 1. The lowest BCUT2D eigenvalue weighted by Crippen LogP contribution is -2.33. The SMILES string of the molecule is Nc1cccc2c1C(=O)N(C1CCc3cccnc31)C2=O. The van der Waals surface area contributed by atoms with Crippen LogP contribution in [0.3, 0.4) is 0 Å². The van der Waals surface area contributed by atoms with Gasteiger partial charge in [0.05, 0.1) is 22.9 Å². The van der Waals surface area contributed by atoms with Gasteiger partial charge >= 0.3 is 0 Å².